The van der Waals surface area contributed by atoms with Crippen LogP contribution in [-0.2, 0) is 0 Å². The van der Waals surface area contributed by atoms with Gasteiger partial charge in [-0.2, -0.15) is 0 Å². The lowest BCUT2D eigenvalue weighted by molar-refractivity contribution is 0.300. The molecule has 1 aromatic rings. The van der Waals surface area contributed by atoms with Gasteiger partial charge in [-0.1, -0.05) is 36.2 Å². The Morgan fingerprint density at radius 1 is 1.28 bits per heavy atom. The van der Waals surface area contributed by atoms with Gasteiger partial charge in [-0.3, -0.25) is 0 Å². The minimum absolute atomic E-state index is 0.498. The number of halogens is 2. The molecule has 1 saturated heterocycles. The zero-order valence-electron chi connectivity index (χ0n) is 10.8. The average Bonchev–Trinajstić information content (AvgIpc) is 2.60. The molecule has 2 rings (SSSR count). The minimum atomic E-state index is 0.498. The Kier molecular flexibility index (Phi) is 5.16. The fourth-order valence-electron chi connectivity index (χ4n) is 2.45. The third kappa shape index (κ3) is 3.53. The number of nitrogens with zero attached hydrogens (tertiary/aromatic N) is 1. The van der Waals surface area contributed by atoms with E-state index in [0.717, 1.165) is 25.2 Å². The van der Waals surface area contributed by atoms with Crippen LogP contribution in [0.15, 0.2) is 18.2 Å². The van der Waals surface area contributed by atoms with Crippen molar-refractivity contribution in [1.29, 1.82) is 0 Å². The van der Waals surface area contributed by atoms with E-state index in [1.807, 2.05) is 18.2 Å². The molecule has 1 aliphatic rings. The molecule has 1 heterocycles. The van der Waals surface area contributed by atoms with Gasteiger partial charge in [0.2, 0.25) is 0 Å². The summed E-state index contributed by atoms with van der Waals surface area (Å²) >= 11 is 12.2. The van der Waals surface area contributed by atoms with Crippen molar-refractivity contribution in [2.45, 2.75) is 32.2 Å². The maximum Gasteiger partial charge on any atom is 0.0823 e. The zero-order chi connectivity index (χ0) is 13.0. The van der Waals surface area contributed by atoms with Gasteiger partial charge in [-0.15, -0.1) is 0 Å². The second-order valence-corrected chi connectivity index (χ2v) is 5.59. The van der Waals surface area contributed by atoms with Crippen molar-refractivity contribution in [2.75, 3.05) is 25.0 Å². The predicted molar refractivity (Wildman–Crippen MR) is 79.8 cm³/mol. The Labute approximate surface area is 119 Å². The number of hydrogen-bond acceptors (Lipinski definition) is 2. The van der Waals surface area contributed by atoms with Crippen molar-refractivity contribution in [3.05, 3.63) is 28.2 Å². The SMILES string of the molecule is CCN1CCCC(Nc2cccc(Cl)c2Cl)CC1. The lowest BCUT2D eigenvalue weighted by Gasteiger charge is -2.20. The van der Waals surface area contributed by atoms with Gasteiger partial charge in [-0.05, 0) is 44.5 Å². The molecule has 0 bridgehead atoms. The highest BCUT2D eigenvalue weighted by Crippen LogP contribution is 2.30. The topological polar surface area (TPSA) is 15.3 Å². The number of hydrogen-bond donors (Lipinski definition) is 1. The first-order valence-electron chi connectivity index (χ1n) is 6.63. The first kappa shape index (κ1) is 14.0. The monoisotopic (exact) mass is 286 g/mol. The van der Waals surface area contributed by atoms with E-state index in [9.17, 15) is 0 Å². The van der Waals surface area contributed by atoms with E-state index in [4.69, 9.17) is 23.2 Å². The van der Waals surface area contributed by atoms with Crippen molar-refractivity contribution in [2.24, 2.45) is 0 Å². The molecule has 1 unspecified atom stereocenters. The maximum atomic E-state index is 6.20. The molecular weight excluding hydrogens is 267 g/mol. The largest absolute Gasteiger partial charge is 0.381 e. The molecule has 1 aromatic carbocycles. The molecule has 0 aliphatic carbocycles. The molecule has 2 nitrogen and oxygen atoms in total. The molecule has 0 radical (unpaired) electrons. The van der Waals surface area contributed by atoms with Gasteiger partial charge < -0.3 is 10.2 Å². The standard InChI is InChI=1S/C14H20Cl2N2/c1-2-18-9-4-5-11(8-10-18)17-13-7-3-6-12(15)14(13)16/h3,6-7,11,17H,2,4-5,8-10H2,1H3. The molecule has 18 heavy (non-hydrogen) atoms. The minimum Gasteiger partial charge on any atom is -0.381 e. The molecule has 0 saturated carbocycles. The highest BCUT2D eigenvalue weighted by molar-refractivity contribution is 6.43. The first-order chi connectivity index (χ1) is 8.70. The summed E-state index contributed by atoms with van der Waals surface area (Å²) in [6.07, 6.45) is 3.60. The molecule has 0 amide bonds. The van der Waals surface area contributed by atoms with Gasteiger partial charge in [0.1, 0.15) is 0 Å². The Hall–Kier alpha value is -0.440. The Morgan fingerprint density at radius 2 is 2.11 bits per heavy atom. The Balaban J connectivity index is 1.99. The summed E-state index contributed by atoms with van der Waals surface area (Å²) in [6.45, 7) is 5.73. The zero-order valence-corrected chi connectivity index (χ0v) is 12.3. The van der Waals surface area contributed by atoms with Crippen molar-refractivity contribution in [3.8, 4) is 0 Å². The van der Waals surface area contributed by atoms with E-state index in [1.165, 1.54) is 19.4 Å². The van der Waals surface area contributed by atoms with Gasteiger partial charge in [0, 0.05) is 12.6 Å². The Morgan fingerprint density at radius 3 is 2.89 bits per heavy atom. The van der Waals surface area contributed by atoms with E-state index in [-0.39, 0.29) is 0 Å². The van der Waals surface area contributed by atoms with Crippen LogP contribution < -0.4 is 5.32 Å². The lowest BCUT2D eigenvalue weighted by Crippen LogP contribution is -2.26. The van der Waals surface area contributed by atoms with Gasteiger partial charge in [-0.25, -0.2) is 0 Å². The Bertz CT molecular complexity index is 395. The highest BCUT2D eigenvalue weighted by Gasteiger charge is 2.17. The maximum absolute atomic E-state index is 6.20. The second-order valence-electron chi connectivity index (χ2n) is 4.81. The summed E-state index contributed by atoms with van der Waals surface area (Å²) in [5, 5.41) is 4.78. The number of likely N-dealkylation sites (tertiary alicyclic amines) is 1. The average molecular weight is 287 g/mol. The molecule has 100 valence electrons. The van der Waals surface area contributed by atoms with E-state index < -0.39 is 0 Å². The van der Waals surface area contributed by atoms with Crippen LogP contribution in [0.3, 0.4) is 0 Å². The molecular formula is C14H20Cl2N2. The molecule has 1 fully saturated rings. The smallest absolute Gasteiger partial charge is 0.0823 e. The van der Waals surface area contributed by atoms with Gasteiger partial charge in [0.05, 0.1) is 15.7 Å². The van der Waals surface area contributed by atoms with Crippen LogP contribution in [0.4, 0.5) is 5.69 Å². The van der Waals surface area contributed by atoms with Crippen LogP contribution in [-0.4, -0.2) is 30.6 Å². The van der Waals surface area contributed by atoms with Crippen molar-refractivity contribution < 1.29 is 0 Å². The number of anilines is 1. The third-order valence-corrected chi connectivity index (χ3v) is 4.40. The normalized spacial score (nSPS) is 21.6. The van der Waals surface area contributed by atoms with E-state index in [2.05, 4.69) is 17.1 Å². The van der Waals surface area contributed by atoms with Crippen LogP contribution in [0.5, 0.6) is 0 Å². The fourth-order valence-corrected chi connectivity index (χ4v) is 2.81. The van der Waals surface area contributed by atoms with E-state index in [0.29, 0.717) is 16.1 Å². The number of benzene rings is 1. The molecule has 1 atom stereocenters. The van der Waals surface area contributed by atoms with E-state index >= 15 is 0 Å². The molecule has 0 spiro atoms. The van der Waals surface area contributed by atoms with Crippen LogP contribution in [0, 0.1) is 0 Å². The van der Waals surface area contributed by atoms with Crippen LogP contribution >= 0.6 is 23.2 Å². The van der Waals surface area contributed by atoms with Gasteiger partial charge in [0.15, 0.2) is 0 Å². The van der Waals surface area contributed by atoms with E-state index in [1.54, 1.807) is 0 Å². The second kappa shape index (κ2) is 6.65. The quantitative estimate of drug-likeness (QED) is 0.892. The van der Waals surface area contributed by atoms with Crippen LogP contribution in [0.25, 0.3) is 0 Å². The lowest BCUT2D eigenvalue weighted by atomic mass is 10.1. The fraction of sp³-hybridized carbons (Fsp3) is 0.571. The molecule has 1 N–H and O–H groups in total. The van der Waals surface area contributed by atoms with Crippen LogP contribution in [0.2, 0.25) is 10.0 Å². The summed E-state index contributed by atoms with van der Waals surface area (Å²) in [5.74, 6) is 0. The number of rotatable bonds is 3. The molecule has 4 heteroatoms. The summed E-state index contributed by atoms with van der Waals surface area (Å²) in [7, 11) is 0. The van der Waals surface area contributed by atoms with Crippen molar-refractivity contribution in [1.82, 2.24) is 4.90 Å². The summed E-state index contributed by atoms with van der Waals surface area (Å²) in [5.41, 5.74) is 0.958. The van der Waals surface area contributed by atoms with Gasteiger partial charge in [0.25, 0.3) is 0 Å². The molecule has 1 aliphatic heterocycles. The summed E-state index contributed by atoms with van der Waals surface area (Å²) in [6, 6.07) is 6.25. The van der Waals surface area contributed by atoms with Gasteiger partial charge >= 0.3 is 0 Å². The predicted octanol–water partition coefficient (Wildman–Crippen LogP) is 4.28. The first-order valence-corrected chi connectivity index (χ1v) is 7.39. The van der Waals surface area contributed by atoms with Crippen molar-refractivity contribution >= 4 is 28.9 Å². The summed E-state index contributed by atoms with van der Waals surface area (Å²) < 4.78 is 0. The highest BCUT2D eigenvalue weighted by atomic mass is 35.5. The molecule has 0 aromatic heterocycles. The number of nitrogens with one attached hydrogen (secondary N) is 1. The third-order valence-electron chi connectivity index (χ3n) is 3.58. The van der Waals surface area contributed by atoms with Crippen molar-refractivity contribution in [3.63, 3.8) is 0 Å². The van der Waals surface area contributed by atoms with Crippen LogP contribution in [0.1, 0.15) is 26.2 Å². The summed E-state index contributed by atoms with van der Waals surface area (Å²) in [4.78, 5) is 2.50.